The minimum Gasteiger partial charge on any atom is -0.319 e. The predicted octanol–water partition coefficient (Wildman–Crippen LogP) is 2.47. The highest BCUT2D eigenvalue weighted by molar-refractivity contribution is 7.94. The van der Waals surface area contributed by atoms with Gasteiger partial charge < -0.3 is 5.32 Å². The van der Waals surface area contributed by atoms with Crippen molar-refractivity contribution >= 4 is 27.0 Å². The summed E-state index contributed by atoms with van der Waals surface area (Å²) in [7, 11) is -0.521. The van der Waals surface area contributed by atoms with Crippen LogP contribution in [0.5, 0.6) is 0 Å². The minimum absolute atomic E-state index is 0.0441. The summed E-state index contributed by atoms with van der Waals surface area (Å²) in [6, 6.07) is 9.19. The molecule has 0 saturated heterocycles. The van der Waals surface area contributed by atoms with E-state index in [-0.39, 0.29) is 9.90 Å². The van der Waals surface area contributed by atoms with E-state index in [1.807, 2.05) is 7.05 Å². The van der Waals surface area contributed by atoms with Crippen molar-refractivity contribution in [3.8, 4) is 0 Å². The molecule has 2 aromatic rings. The van der Waals surface area contributed by atoms with Crippen LogP contribution < -0.4 is 9.62 Å². The Kier molecular flexibility index (Phi) is 4.97. The Labute approximate surface area is 128 Å². The lowest BCUT2D eigenvalue weighted by molar-refractivity contribution is 0.591. The Morgan fingerprint density at radius 1 is 1.24 bits per heavy atom. The summed E-state index contributed by atoms with van der Waals surface area (Å²) in [6.45, 7) is 0.781. The first-order valence-corrected chi connectivity index (χ1v) is 8.69. The molecule has 1 aromatic heterocycles. The Hall–Kier alpha value is -1.44. The van der Waals surface area contributed by atoms with Crippen LogP contribution in [0, 0.1) is 5.82 Å². The molecule has 0 saturated carbocycles. The Bertz CT molecular complexity index is 713. The number of rotatable bonds is 6. The van der Waals surface area contributed by atoms with Gasteiger partial charge in [-0.05, 0) is 44.3 Å². The third kappa shape index (κ3) is 3.42. The van der Waals surface area contributed by atoms with Crippen LogP contribution in [0.4, 0.5) is 10.1 Å². The van der Waals surface area contributed by atoms with Crippen molar-refractivity contribution in [1.82, 2.24) is 5.32 Å². The smallest absolute Gasteiger partial charge is 0.273 e. The van der Waals surface area contributed by atoms with Gasteiger partial charge in [-0.1, -0.05) is 12.1 Å². The molecule has 2 rings (SSSR count). The third-order valence-corrected chi connectivity index (χ3v) is 6.45. The van der Waals surface area contributed by atoms with E-state index in [0.29, 0.717) is 0 Å². The first kappa shape index (κ1) is 15.9. The van der Waals surface area contributed by atoms with E-state index in [1.54, 1.807) is 18.2 Å². The second-order valence-electron chi connectivity index (χ2n) is 4.50. The molecule has 0 atom stereocenters. The zero-order valence-electron chi connectivity index (χ0n) is 11.8. The fourth-order valence-corrected chi connectivity index (χ4v) is 4.58. The second-order valence-corrected chi connectivity index (χ2v) is 7.86. The Balaban J connectivity index is 2.29. The molecule has 0 unspecified atom stereocenters. The topological polar surface area (TPSA) is 49.4 Å². The van der Waals surface area contributed by atoms with Crippen LogP contribution in [0.25, 0.3) is 0 Å². The van der Waals surface area contributed by atoms with Gasteiger partial charge in [0.2, 0.25) is 0 Å². The average Bonchev–Trinajstić information content (AvgIpc) is 2.94. The van der Waals surface area contributed by atoms with Crippen LogP contribution in [-0.2, 0) is 16.4 Å². The average molecular weight is 328 g/mol. The maximum atomic E-state index is 13.7. The third-order valence-electron chi connectivity index (χ3n) is 3.06. The highest BCUT2D eigenvalue weighted by Gasteiger charge is 2.25. The fourth-order valence-electron chi connectivity index (χ4n) is 1.85. The molecule has 0 spiro atoms. The number of sulfonamides is 1. The van der Waals surface area contributed by atoms with Crippen molar-refractivity contribution in [2.45, 2.75) is 10.6 Å². The van der Waals surface area contributed by atoms with Gasteiger partial charge in [0.15, 0.2) is 0 Å². The lowest BCUT2D eigenvalue weighted by Crippen LogP contribution is -2.26. The van der Waals surface area contributed by atoms with Crippen molar-refractivity contribution in [3.05, 3.63) is 47.1 Å². The summed E-state index contributed by atoms with van der Waals surface area (Å²) < 4.78 is 40.0. The maximum absolute atomic E-state index is 13.7. The number of likely N-dealkylation sites (N-methyl/N-ethyl adjacent to an activating group) is 1. The van der Waals surface area contributed by atoms with Crippen molar-refractivity contribution < 1.29 is 12.8 Å². The monoisotopic (exact) mass is 328 g/mol. The molecule has 0 amide bonds. The van der Waals surface area contributed by atoms with Gasteiger partial charge in [-0.25, -0.2) is 12.8 Å². The van der Waals surface area contributed by atoms with Crippen LogP contribution in [0.15, 0.2) is 40.6 Å². The quantitative estimate of drug-likeness (QED) is 0.886. The summed E-state index contributed by atoms with van der Waals surface area (Å²) >= 11 is 1.22. The Morgan fingerprint density at radius 3 is 2.62 bits per heavy atom. The summed E-state index contributed by atoms with van der Waals surface area (Å²) in [5, 5.41) is 3.02. The first-order chi connectivity index (χ1) is 9.96. The van der Waals surface area contributed by atoms with Crippen molar-refractivity contribution in [2.24, 2.45) is 0 Å². The van der Waals surface area contributed by atoms with Gasteiger partial charge in [-0.2, -0.15) is 0 Å². The molecule has 4 nitrogen and oxygen atoms in total. The van der Waals surface area contributed by atoms with Gasteiger partial charge in [0.05, 0.1) is 5.69 Å². The van der Waals surface area contributed by atoms with Crippen molar-refractivity contribution in [1.29, 1.82) is 0 Å². The molecule has 0 aliphatic carbocycles. The van der Waals surface area contributed by atoms with Crippen LogP contribution >= 0.6 is 11.3 Å². The van der Waals surface area contributed by atoms with E-state index in [4.69, 9.17) is 0 Å². The number of anilines is 1. The normalized spacial score (nSPS) is 11.6. The number of hydrogen-bond acceptors (Lipinski definition) is 4. The molecule has 1 heterocycles. The molecule has 114 valence electrons. The number of para-hydroxylation sites is 1. The van der Waals surface area contributed by atoms with Crippen molar-refractivity contribution in [2.75, 3.05) is 24.9 Å². The molecular formula is C14H17FN2O2S2. The lowest BCUT2D eigenvalue weighted by atomic mass is 10.3. The summed E-state index contributed by atoms with van der Waals surface area (Å²) in [4.78, 5) is 0.977. The van der Waals surface area contributed by atoms with E-state index in [1.165, 1.54) is 36.6 Å². The Morgan fingerprint density at radius 2 is 1.95 bits per heavy atom. The molecule has 1 aromatic carbocycles. The number of benzene rings is 1. The molecule has 0 radical (unpaired) electrons. The number of nitrogens with one attached hydrogen (secondary N) is 1. The van der Waals surface area contributed by atoms with Gasteiger partial charge in [0.1, 0.15) is 10.0 Å². The zero-order chi connectivity index (χ0) is 15.5. The van der Waals surface area contributed by atoms with Gasteiger partial charge in [0.25, 0.3) is 10.0 Å². The van der Waals surface area contributed by atoms with Gasteiger partial charge in [0, 0.05) is 11.9 Å². The lowest BCUT2D eigenvalue weighted by Gasteiger charge is -2.18. The van der Waals surface area contributed by atoms with E-state index in [9.17, 15) is 12.8 Å². The summed E-state index contributed by atoms with van der Waals surface area (Å²) in [5.41, 5.74) is 0.0441. The van der Waals surface area contributed by atoms with Crippen molar-refractivity contribution in [3.63, 3.8) is 0 Å². The molecular weight excluding hydrogens is 311 g/mol. The minimum atomic E-state index is -3.73. The number of thiophene rings is 1. The molecule has 21 heavy (non-hydrogen) atoms. The largest absolute Gasteiger partial charge is 0.319 e. The van der Waals surface area contributed by atoms with Crippen LogP contribution in [-0.4, -0.2) is 29.1 Å². The molecule has 0 aliphatic heterocycles. The van der Waals surface area contributed by atoms with Crippen LogP contribution in [0.1, 0.15) is 4.88 Å². The predicted molar refractivity (Wildman–Crippen MR) is 83.9 cm³/mol. The number of nitrogens with zero attached hydrogens (tertiary/aromatic N) is 1. The van der Waals surface area contributed by atoms with Gasteiger partial charge >= 0.3 is 0 Å². The van der Waals surface area contributed by atoms with E-state index >= 15 is 0 Å². The molecule has 0 bridgehead atoms. The van der Waals surface area contributed by atoms with Crippen LogP contribution in [0.2, 0.25) is 0 Å². The van der Waals surface area contributed by atoms with Gasteiger partial charge in [-0.15, -0.1) is 11.3 Å². The van der Waals surface area contributed by atoms with E-state index < -0.39 is 15.8 Å². The maximum Gasteiger partial charge on any atom is 0.273 e. The van der Waals surface area contributed by atoms with Gasteiger partial charge in [-0.3, -0.25) is 4.31 Å². The molecule has 7 heteroatoms. The number of hydrogen-bond donors (Lipinski definition) is 1. The standard InChI is InChI=1S/C14H17FN2O2S2/c1-16-10-9-11-7-8-14(20-11)21(18,19)17(2)13-6-4-3-5-12(13)15/h3-8,16H,9-10H2,1-2H3. The van der Waals surface area contributed by atoms with E-state index in [0.717, 1.165) is 22.1 Å². The molecule has 0 fully saturated rings. The SMILES string of the molecule is CNCCc1ccc(S(=O)(=O)N(C)c2ccccc2F)s1. The van der Waals surface area contributed by atoms with E-state index in [2.05, 4.69) is 5.32 Å². The van der Waals surface area contributed by atoms with Crippen LogP contribution in [0.3, 0.4) is 0 Å². The molecule has 0 aliphatic rings. The summed E-state index contributed by atoms with van der Waals surface area (Å²) in [6.07, 6.45) is 0.764. The highest BCUT2D eigenvalue weighted by atomic mass is 32.2. The first-order valence-electron chi connectivity index (χ1n) is 6.43. The second kappa shape index (κ2) is 6.55. The fraction of sp³-hybridized carbons (Fsp3) is 0.286. The molecule has 1 N–H and O–H groups in total. The number of halogens is 1. The summed E-state index contributed by atoms with van der Waals surface area (Å²) in [5.74, 6) is -0.560. The highest BCUT2D eigenvalue weighted by Crippen LogP contribution is 2.29. The zero-order valence-corrected chi connectivity index (χ0v) is 13.5.